The largest absolute Gasteiger partial charge is 0.308 e. The van der Waals surface area contributed by atoms with Crippen molar-refractivity contribution in [3.63, 3.8) is 0 Å². The highest BCUT2D eigenvalue weighted by Crippen LogP contribution is 2.37. The van der Waals surface area contributed by atoms with Gasteiger partial charge in [-0.3, -0.25) is 0 Å². The van der Waals surface area contributed by atoms with E-state index in [0.717, 1.165) is 33.4 Å². The highest BCUT2D eigenvalue weighted by molar-refractivity contribution is 6.13. The van der Waals surface area contributed by atoms with Gasteiger partial charge >= 0.3 is 0 Å². The second-order valence-electron chi connectivity index (χ2n) is 10.1. The molecular formula is C37H24N4. The number of benzene rings is 6. The number of nitrogens with zero attached hydrogens (tertiary/aromatic N) is 4. The van der Waals surface area contributed by atoms with Crippen LogP contribution in [0.2, 0.25) is 0 Å². The van der Waals surface area contributed by atoms with E-state index in [9.17, 15) is 0 Å². The Morgan fingerprint density at radius 3 is 1.63 bits per heavy atom. The quantitative estimate of drug-likeness (QED) is 0.231. The lowest BCUT2D eigenvalue weighted by Gasteiger charge is -2.14. The van der Waals surface area contributed by atoms with E-state index in [-0.39, 0.29) is 0 Å². The molecule has 0 radical (unpaired) electrons. The van der Waals surface area contributed by atoms with Gasteiger partial charge in [0.25, 0.3) is 0 Å². The molecule has 0 amide bonds. The Morgan fingerprint density at radius 2 is 0.927 bits per heavy atom. The SMILES string of the molecule is c1ccc(-c2nc(-c3ccccc3)nc(-c3ccccc3-n3c4ccccc4c4cc5ccccc5cc43)n2)cc1. The highest BCUT2D eigenvalue weighted by atomic mass is 15.1. The number of para-hydroxylation sites is 2. The number of hydrogen-bond acceptors (Lipinski definition) is 3. The zero-order valence-corrected chi connectivity index (χ0v) is 22.1. The Hall–Kier alpha value is -5.61. The van der Waals surface area contributed by atoms with Gasteiger partial charge in [-0.25, -0.2) is 15.0 Å². The fraction of sp³-hybridized carbons (Fsp3) is 0. The van der Waals surface area contributed by atoms with E-state index in [4.69, 9.17) is 15.0 Å². The summed E-state index contributed by atoms with van der Waals surface area (Å²) in [5.74, 6) is 1.94. The molecule has 8 aromatic rings. The number of hydrogen-bond donors (Lipinski definition) is 0. The summed E-state index contributed by atoms with van der Waals surface area (Å²) in [6.45, 7) is 0. The molecule has 0 aliphatic carbocycles. The van der Waals surface area contributed by atoms with E-state index >= 15 is 0 Å². The first-order valence-corrected chi connectivity index (χ1v) is 13.7. The van der Waals surface area contributed by atoms with Gasteiger partial charge in [0, 0.05) is 27.5 Å². The summed E-state index contributed by atoms with van der Waals surface area (Å²) < 4.78 is 2.35. The molecule has 2 heterocycles. The third-order valence-corrected chi connectivity index (χ3v) is 7.63. The maximum atomic E-state index is 5.04. The lowest BCUT2D eigenvalue weighted by atomic mass is 10.1. The van der Waals surface area contributed by atoms with Crippen LogP contribution in [0, 0.1) is 0 Å². The summed E-state index contributed by atoms with van der Waals surface area (Å²) >= 11 is 0. The predicted octanol–water partition coefficient (Wildman–Crippen LogP) is 9.12. The predicted molar refractivity (Wildman–Crippen MR) is 168 cm³/mol. The second kappa shape index (κ2) is 9.54. The molecule has 0 spiro atoms. The minimum Gasteiger partial charge on any atom is -0.308 e. The lowest BCUT2D eigenvalue weighted by molar-refractivity contribution is 1.06. The molecule has 2 aromatic heterocycles. The third kappa shape index (κ3) is 3.97. The lowest BCUT2D eigenvalue weighted by Crippen LogP contribution is -2.03. The number of aromatic nitrogens is 4. The molecule has 0 unspecified atom stereocenters. The van der Waals surface area contributed by atoms with E-state index in [0.29, 0.717) is 17.5 Å². The topological polar surface area (TPSA) is 43.6 Å². The van der Waals surface area contributed by atoms with Crippen LogP contribution < -0.4 is 0 Å². The van der Waals surface area contributed by atoms with Crippen LogP contribution in [-0.2, 0) is 0 Å². The smallest absolute Gasteiger partial charge is 0.166 e. The average Bonchev–Trinajstić information content (AvgIpc) is 3.37. The Bertz CT molecular complexity index is 2140. The van der Waals surface area contributed by atoms with Gasteiger partial charge in [0.2, 0.25) is 0 Å². The molecule has 0 bridgehead atoms. The molecule has 6 aromatic carbocycles. The molecule has 192 valence electrons. The zero-order valence-electron chi connectivity index (χ0n) is 22.1. The van der Waals surface area contributed by atoms with Crippen LogP contribution in [0.3, 0.4) is 0 Å². The van der Waals surface area contributed by atoms with Crippen molar-refractivity contribution in [2.45, 2.75) is 0 Å². The molecule has 4 nitrogen and oxygen atoms in total. The normalized spacial score (nSPS) is 11.4. The first-order valence-electron chi connectivity index (χ1n) is 13.7. The molecule has 41 heavy (non-hydrogen) atoms. The van der Waals surface area contributed by atoms with Crippen molar-refractivity contribution in [1.82, 2.24) is 19.5 Å². The van der Waals surface area contributed by atoms with E-state index in [1.807, 2.05) is 60.7 Å². The van der Waals surface area contributed by atoms with E-state index in [1.54, 1.807) is 0 Å². The van der Waals surface area contributed by atoms with Gasteiger partial charge in [0.15, 0.2) is 17.5 Å². The average molecular weight is 525 g/mol. The van der Waals surface area contributed by atoms with Crippen molar-refractivity contribution in [3.05, 3.63) is 146 Å². The molecule has 0 fully saturated rings. The van der Waals surface area contributed by atoms with Crippen LogP contribution in [0.15, 0.2) is 146 Å². The number of fused-ring (bicyclic) bond motifs is 4. The van der Waals surface area contributed by atoms with E-state index in [2.05, 4.69) is 89.5 Å². The summed E-state index contributed by atoms with van der Waals surface area (Å²) in [5, 5.41) is 4.88. The number of rotatable bonds is 4. The van der Waals surface area contributed by atoms with Gasteiger partial charge in [-0.2, -0.15) is 0 Å². The van der Waals surface area contributed by atoms with Gasteiger partial charge in [0.05, 0.1) is 16.7 Å². The molecule has 4 heteroatoms. The fourth-order valence-corrected chi connectivity index (χ4v) is 5.70. The minimum absolute atomic E-state index is 0.639. The monoisotopic (exact) mass is 524 g/mol. The Balaban J connectivity index is 1.43. The van der Waals surface area contributed by atoms with Crippen molar-refractivity contribution in [3.8, 4) is 39.9 Å². The van der Waals surface area contributed by atoms with Crippen LogP contribution in [-0.4, -0.2) is 19.5 Å². The van der Waals surface area contributed by atoms with Crippen molar-refractivity contribution in [1.29, 1.82) is 0 Å². The summed E-state index contributed by atoms with van der Waals surface area (Å²) in [6, 6.07) is 50.3. The molecular weight excluding hydrogens is 500 g/mol. The summed E-state index contributed by atoms with van der Waals surface area (Å²) in [7, 11) is 0. The van der Waals surface area contributed by atoms with Crippen LogP contribution in [0.1, 0.15) is 0 Å². The van der Waals surface area contributed by atoms with Gasteiger partial charge < -0.3 is 4.57 Å². The second-order valence-corrected chi connectivity index (χ2v) is 10.1. The van der Waals surface area contributed by atoms with Crippen LogP contribution in [0.4, 0.5) is 0 Å². The summed E-state index contributed by atoms with van der Waals surface area (Å²) in [4.78, 5) is 15.0. The molecule has 0 N–H and O–H groups in total. The van der Waals surface area contributed by atoms with Gasteiger partial charge in [-0.05, 0) is 41.1 Å². The van der Waals surface area contributed by atoms with E-state index in [1.165, 1.54) is 21.5 Å². The molecule has 0 aliphatic rings. The molecule has 0 saturated heterocycles. The highest BCUT2D eigenvalue weighted by Gasteiger charge is 2.19. The van der Waals surface area contributed by atoms with Crippen molar-refractivity contribution in [2.75, 3.05) is 0 Å². The molecule has 0 aliphatic heterocycles. The molecule has 0 atom stereocenters. The van der Waals surface area contributed by atoms with Gasteiger partial charge in [-0.15, -0.1) is 0 Å². The maximum Gasteiger partial charge on any atom is 0.166 e. The summed E-state index contributed by atoms with van der Waals surface area (Å²) in [6.07, 6.45) is 0. The fourth-order valence-electron chi connectivity index (χ4n) is 5.70. The van der Waals surface area contributed by atoms with Crippen LogP contribution in [0.25, 0.3) is 72.4 Å². The third-order valence-electron chi connectivity index (χ3n) is 7.63. The maximum absolute atomic E-state index is 5.04. The Labute approximate surface area is 237 Å². The standard InChI is InChI=1S/C37H24N4/c1-3-13-25(14-4-1)35-38-36(26-15-5-2-6-16-26)40-37(39-35)30-20-10-12-22-33(30)41-32-21-11-9-19-29(32)31-23-27-17-7-8-18-28(27)24-34(31)41/h1-24H. The first kappa shape index (κ1) is 23.3. The van der Waals surface area contributed by atoms with Crippen molar-refractivity contribution < 1.29 is 0 Å². The van der Waals surface area contributed by atoms with Crippen LogP contribution in [0.5, 0.6) is 0 Å². The first-order chi connectivity index (χ1) is 20.3. The molecule has 0 saturated carbocycles. The Morgan fingerprint density at radius 1 is 0.390 bits per heavy atom. The van der Waals surface area contributed by atoms with E-state index < -0.39 is 0 Å². The van der Waals surface area contributed by atoms with Crippen molar-refractivity contribution in [2.24, 2.45) is 0 Å². The van der Waals surface area contributed by atoms with Crippen LogP contribution >= 0.6 is 0 Å². The van der Waals surface area contributed by atoms with Gasteiger partial charge in [-0.1, -0.05) is 115 Å². The van der Waals surface area contributed by atoms with Crippen molar-refractivity contribution >= 4 is 32.6 Å². The Kier molecular flexibility index (Phi) is 5.42. The summed E-state index contributed by atoms with van der Waals surface area (Å²) in [5.41, 5.74) is 6.17. The molecule has 8 rings (SSSR count). The minimum atomic E-state index is 0.639. The van der Waals surface area contributed by atoms with Gasteiger partial charge in [0.1, 0.15) is 0 Å². The zero-order chi connectivity index (χ0) is 27.2.